The summed E-state index contributed by atoms with van der Waals surface area (Å²) in [7, 11) is 0. The summed E-state index contributed by atoms with van der Waals surface area (Å²) in [5.74, 6) is 1.25. The first-order valence-electron chi connectivity index (χ1n) is 8.43. The third kappa shape index (κ3) is 4.15. The van der Waals surface area contributed by atoms with Crippen LogP contribution < -0.4 is 4.74 Å². The van der Waals surface area contributed by atoms with Gasteiger partial charge < -0.3 is 4.74 Å². The van der Waals surface area contributed by atoms with Gasteiger partial charge in [-0.25, -0.2) is 4.98 Å². The standard InChI is InChI=1S/C21H21NO2S/c1-3-15(2)17-9-10-20(24-13-16-7-5-4-6-8-16)18(11-17)19-14-25-21(12-23)22-19/h4-12,14-15H,3,13H2,1-2H3. The highest BCUT2D eigenvalue weighted by Gasteiger charge is 2.14. The molecule has 0 aliphatic rings. The second kappa shape index (κ2) is 8.08. The van der Waals surface area contributed by atoms with E-state index >= 15 is 0 Å². The first-order chi connectivity index (χ1) is 12.2. The van der Waals surface area contributed by atoms with Crippen molar-refractivity contribution in [1.29, 1.82) is 0 Å². The van der Waals surface area contributed by atoms with Crippen molar-refractivity contribution >= 4 is 17.6 Å². The van der Waals surface area contributed by atoms with Gasteiger partial charge in [0, 0.05) is 10.9 Å². The van der Waals surface area contributed by atoms with Gasteiger partial charge in [-0.15, -0.1) is 11.3 Å². The summed E-state index contributed by atoms with van der Waals surface area (Å²) in [5.41, 5.74) is 4.11. The molecule has 4 heteroatoms. The third-order valence-corrected chi connectivity index (χ3v) is 5.09. The van der Waals surface area contributed by atoms with Crippen LogP contribution in [0.1, 0.15) is 47.1 Å². The molecule has 0 saturated carbocycles. The van der Waals surface area contributed by atoms with Crippen molar-refractivity contribution in [3.8, 4) is 17.0 Å². The molecule has 3 rings (SSSR count). The molecule has 0 spiro atoms. The molecule has 0 fully saturated rings. The fourth-order valence-electron chi connectivity index (χ4n) is 2.62. The fourth-order valence-corrected chi connectivity index (χ4v) is 3.24. The van der Waals surface area contributed by atoms with Crippen molar-refractivity contribution in [1.82, 2.24) is 4.98 Å². The summed E-state index contributed by atoms with van der Waals surface area (Å²) in [6.07, 6.45) is 1.86. The number of benzene rings is 2. The lowest BCUT2D eigenvalue weighted by molar-refractivity contribution is 0.112. The average molecular weight is 351 g/mol. The molecule has 128 valence electrons. The molecule has 1 atom stereocenters. The summed E-state index contributed by atoms with van der Waals surface area (Å²) in [5, 5.41) is 2.40. The number of aromatic nitrogens is 1. The van der Waals surface area contributed by atoms with Gasteiger partial charge in [-0.05, 0) is 35.6 Å². The van der Waals surface area contributed by atoms with Crippen LogP contribution in [0.15, 0.2) is 53.9 Å². The molecule has 0 saturated heterocycles. The Hall–Kier alpha value is -2.46. The van der Waals surface area contributed by atoms with Gasteiger partial charge in [-0.3, -0.25) is 4.79 Å². The van der Waals surface area contributed by atoms with Gasteiger partial charge in [0.25, 0.3) is 0 Å². The number of rotatable bonds is 7. The van der Waals surface area contributed by atoms with Crippen LogP contribution >= 0.6 is 11.3 Å². The quantitative estimate of drug-likeness (QED) is 0.511. The number of thiazole rings is 1. The largest absolute Gasteiger partial charge is 0.488 e. The minimum atomic E-state index is 0.464. The van der Waals surface area contributed by atoms with Crippen molar-refractivity contribution in [2.45, 2.75) is 32.8 Å². The Labute approximate surface area is 152 Å². The van der Waals surface area contributed by atoms with Gasteiger partial charge in [-0.1, -0.05) is 50.2 Å². The molecule has 3 nitrogen and oxygen atoms in total. The zero-order valence-corrected chi connectivity index (χ0v) is 15.3. The van der Waals surface area contributed by atoms with Gasteiger partial charge in [-0.2, -0.15) is 0 Å². The van der Waals surface area contributed by atoms with E-state index in [9.17, 15) is 4.79 Å². The highest BCUT2D eigenvalue weighted by Crippen LogP contribution is 2.34. The van der Waals surface area contributed by atoms with Gasteiger partial charge in [0.05, 0.1) is 5.69 Å². The van der Waals surface area contributed by atoms with E-state index in [-0.39, 0.29) is 0 Å². The minimum Gasteiger partial charge on any atom is -0.488 e. The lowest BCUT2D eigenvalue weighted by atomic mass is 9.96. The van der Waals surface area contributed by atoms with Gasteiger partial charge in [0.15, 0.2) is 11.3 Å². The molecular weight excluding hydrogens is 330 g/mol. The van der Waals surface area contributed by atoms with Crippen LogP contribution in [0.25, 0.3) is 11.3 Å². The SMILES string of the molecule is CCC(C)c1ccc(OCc2ccccc2)c(-c2csc(C=O)n2)c1. The van der Waals surface area contributed by atoms with E-state index in [0.717, 1.165) is 35.3 Å². The molecule has 0 amide bonds. The number of nitrogens with zero attached hydrogens (tertiary/aromatic N) is 1. The van der Waals surface area contributed by atoms with E-state index < -0.39 is 0 Å². The fraction of sp³-hybridized carbons (Fsp3) is 0.238. The lowest BCUT2D eigenvalue weighted by Crippen LogP contribution is -1.99. The number of aldehydes is 1. The Morgan fingerprint density at radius 2 is 2.00 bits per heavy atom. The Morgan fingerprint density at radius 3 is 2.68 bits per heavy atom. The molecule has 0 aliphatic carbocycles. The average Bonchev–Trinajstić information content (AvgIpc) is 3.15. The summed E-state index contributed by atoms with van der Waals surface area (Å²) >= 11 is 1.35. The summed E-state index contributed by atoms with van der Waals surface area (Å²) in [4.78, 5) is 15.4. The van der Waals surface area contributed by atoms with Crippen LogP contribution in [-0.4, -0.2) is 11.3 Å². The molecule has 1 unspecified atom stereocenters. The molecule has 0 aliphatic heterocycles. The summed E-state index contributed by atoms with van der Waals surface area (Å²) < 4.78 is 6.07. The Bertz CT molecular complexity index is 842. The van der Waals surface area contributed by atoms with Crippen molar-refractivity contribution in [3.63, 3.8) is 0 Å². The molecule has 1 aromatic heterocycles. The third-order valence-electron chi connectivity index (χ3n) is 4.32. The molecular formula is C21H21NO2S. The maximum Gasteiger partial charge on any atom is 0.178 e. The number of carbonyl (C=O) groups excluding carboxylic acids is 1. The molecule has 2 aromatic carbocycles. The molecule has 0 N–H and O–H groups in total. The number of carbonyl (C=O) groups is 1. The second-order valence-corrected chi connectivity index (χ2v) is 6.92. The zero-order chi connectivity index (χ0) is 17.6. The van der Waals surface area contributed by atoms with Gasteiger partial charge >= 0.3 is 0 Å². The maximum atomic E-state index is 11.0. The van der Waals surface area contributed by atoms with Gasteiger partial charge in [0.1, 0.15) is 12.4 Å². The monoisotopic (exact) mass is 351 g/mol. The Morgan fingerprint density at radius 1 is 1.20 bits per heavy atom. The topological polar surface area (TPSA) is 39.2 Å². The van der Waals surface area contributed by atoms with Crippen molar-refractivity contribution in [3.05, 3.63) is 70.0 Å². The van der Waals surface area contributed by atoms with E-state index in [4.69, 9.17) is 4.74 Å². The first-order valence-corrected chi connectivity index (χ1v) is 9.31. The molecule has 1 heterocycles. The molecule has 0 radical (unpaired) electrons. The Kier molecular flexibility index (Phi) is 5.61. The zero-order valence-electron chi connectivity index (χ0n) is 14.4. The summed E-state index contributed by atoms with van der Waals surface area (Å²) in [6, 6.07) is 16.3. The molecule has 3 aromatic rings. The van der Waals surface area contributed by atoms with Gasteiger partial charge in [0.2, 0.25) is 0 Å². The van der Waals surface area contributed by atoms with E-state index in [1.807, 2.05) is 41.8 Å². The van der Waals surface area contributed by atoms with E-state index in [1.165, 1.54) is 16.9 Å². The molecule has 25 heavy (non-hydrogen) atoms. The predicted molar refractivity (Wildman–Crippen MR) is 102 cm³/mol. The van der Waals surface area contributed by atoms with Crippen molar-refractivity contribution < 1.29 is 9.53 Å². The van der Waals surface area contributed by atoms with Crippen LogP contribution in [0.3, 0.4) is 0 Å². The molecule has 0 bridgehead atoms. The first kappa shape index (κ1) is 17.4. The normalized spacial score (nSPS) is 11.9. The van der Waals surface area contributed by atoms with Crippen molar-refractivity contribution in [2.75, 3.05) is 0 Å². The van der Waals surface area contributed by atoms with Crippen LogP contribution in [0, 0.1) is 0 Å². The predicted octanol–water partition coefficient (Wildman–Crippen LogP) is 5.72. The summed E-state index contributed by atoms with van der Waals surface area (Å²) in [6.45, 7) is 4.89. The number of hydrogen-bond donors (Lipinski definition) is 0. The smallest absolute Gasteiger partial charge is 0.178 e. The van der Waals surface area contributed by atoms with E-state index in [0.29, 0.717) is 17.5 Å². The number of hydrogen-bond acceptors (Lipinski definition) is 4. The van der Waals surface area contributed by atoms with Crippen LogP contribution in [0.2, 0.25) is 0 Å². The van der Waals surface area contributed by atoms with Crippen LogP contribution in [0.4, 0.5) is 0 Å². The van der Waals surface area contributed by atoms with Crippen molar-refractivity contribution in [2.24, 2.45) is 0 Å². The van der Waals surface area contributed by atoms with Crippen LogP contribution in [-0.2, 0) is 6.61 Å². The Balaban J connectivity index is 1.94. The van der Waals surface area contributed by atoms with Crippen LogP contribution in [0.5, 0.6) is 5.75 Å². The van der Waals surface area contributed by atoms with E-state index in [1.54, 1.807) is 0 Å². The highest BCUT2D eigenvalue weighted by molar-refractivity contribution is 7.11. The van der Waals surface area contributed by atoms with E-state index in [2.05, 4.69) is 31.0 Å². The maximum absolute atomic E-state index is 11.0. The highest BCUT2D eigenvalue weighted by atomic mass is 32.1. The lowest BCUT2D eigenvalue weighted by Gasteiger charge is -2.15. The minimum absolute atomic E-state index is 0.464. The number of ether oxygens (including phenoxy) is 1. The second-order valence-electron chi connectivity index (χ2n) is 6.03.